The summed E-state index contributed by atoms with van der Waals surface area (Å²) in [7, 11) is 0. The smallest absolute Gasteiger partial charge is 0.242 e. The largest absolute Gasteiger partial charge is 0.338 e. The number of hydrogen-bond donors (Lipinski definition) is 1. The molecule has 0 heterocycles. The Hall–Kier alpha value is -0.570. The highest BCUT2D eigenvalue weighted by Crippen LogP contribution is 2.33. The molecular weight excluding hydrogens is 212 g/mol. The van der Waals surface area contributed by atoms with E-state index in [1.165, 1.54) is 19.3 Å². The van der Waals surface area contributed by atoms with Crippen molar-refractivity contribution < 1.29 is 4.79 Å². The van der Waals surface area contributed by atoms with Gasteiger partial charge >= 0.3 is 0 Å². The molecule has 98 valence electrons. The fraction of sp³-hybridized carbons (Fsp3) is 0.929. The van der Waals surface area contributed by atoms with Crippen molar-refractivity contribution in [1.82, 2.24) is 4.90 Å². The molecule has 0 atom stereocenters. The van der Waals surface area contributed by atoms with Crippen LogP contribution in [-0.2, 0) is 4.79 Å². The fourth-order valence-electron chi connectivity index (χ4n) is 2.79. The summed E-state index contributed by atoms with van der Waals surface area (Å²) >= 11 is 0. The summed E-state index contributed by atoms with van der Waals surface area (Å²) in [5, 5.41) is 0. The molecule has 0 radical (unpaired) electrons. The van der Waals surface area contributed by atoms with E-state index in [0.717, 1.165) is 38.1 Å². The molecule has 3 nitrogen and oxygen atoms in total. The van der Waals surface area contributed by atoms with Crippen LogP contribution < -0.4 is 5.73 Å². The second-order valence-corrected chi connectivity index (χ2v) is 6.21. The highest BCUT2D eigenvalue weighted by atomic mass is 16.2. The molecule has 2 rings (SSSR count). The van der Waals surface area contributed by atoms with Gasteiger partial charge in [0.25, 0.3) is 0 Å². The molecule has 2 aliphatic rings. The molecule has 2 N–H and O–H groups in total. The van der Waals surface area contributed by atoms with E-state index in [4.69, 9.17) is 5.73 Å². The molecule has 3 heteroatoms. The van der Waals surface area contributed by atoms with Crippen molar-refractivity contribution in [1.29, 1.82) is 0 Å². The zero-order valence-corrected chi connectivity index (χ0v) is 11.2. The van der Waals surface area contributed by atoms with Gasteiger partial charge in [0.15, 0.2) is 0 Å². The molecule has 1 amide bonds. The van der Waals surface area contributed by atoms with Crippen molar-refractivity contribution in [3.8, 4) is 0 Å². The third-order valence-corrected chi connectivity index (χ3v) is 4.21. The van der Waals surface area contributed by atoms with Gasteiger partial charge < -0.3 is 10.6 Å². The van der Waals surface area contributed by atoms with Gasteiger partial charge in [0.2, 0.25) is 5.91 Å². The molecule has 0 aromatic rings. The number of carbonyl (C=O) groups is 1. The normalized spacial score (nSPS) is 23.8. The minimum Gasteiger partial charge on any atom is -0.338 e. The van der Waals surface area contributed by atoms with Gasteiger partial charge in [0.05, 0.1) is 5.54 Å². The summed E-state index contributed by atoms with van der Waals surface area (Å²) in [6.45, 7) is 5.13. The quantitative estimate of drug-likeness (QED) is 0.817. The predicted molar refractivity (Wildman–Crippen MR) is 69.6 cm³/mol. The Morgan fingerprint density at radius 3 is 2.35 bits per heavy atom. The molecule has 0 aliphatic heterocycles. The van der Waals surface area contributed by atoms with Crippen LogP contribution in [0.4, 0.5) is 0 Å². The van der Waals surface area contributed by atoms with Crippen LogP contribution in [0.3, 0.4) is 0 Å². The zero-order valence-electron chi connectivity index (χ0n) is 11.2. The minimum atomic E-state index is -0.558. The first-order valence-electron chi connectivity index (χ1n) is 7.13. The SMILES string of the molecule is CC(C)N(CC1CC1)C(=O)C1(N)CCCCC1. The molecule has 0 unspecified atom stereocenters. The van der Waals surface area contributed by atoms with E-state index in [9.17, 15) is 4.79 Å². The van der Waals surface area contributed by atoms with Gasteiger partial charge in [-0.25, -0.2) is 0 Å². The number of carbonyl (C=O) groups excluding carboxylic acids is 1. The summed E-state index contributed by atoms with van der Waals surface area (Å²) in [5.74, 6) is 0.952. The summed E-state index contributed by atoms with van der Waals surface area (Å²) in [6, 6.07) is 0.283. The van der Waals surface area contributed by atoms with Crippen molar-refractivity contribution in [3.63, 3.8) is 0 Å². The van der Waals surface area contributed by atoms with E-state index in [0.29, 0.717) is 0 Å². The summed E-state index contributed by atoms with van der Waals surface area (Å²) in [6.07, 6.45) is 7.77. The number of hydrogen-bond acceptors (Lipinski definition) is 2. The average molecular weight is 238 g/mol. The lowest BCUT2D eigenvalue weighted by Crippen LogP contribution is -2.58. The maximum Gasteiger partial charge on any atom is 0.242 e. The summed E-state index contributed by atoms with van der Waals surface area (Å²) < 4.78 is 0. The fourth-order valence-corrected chi connectivity index (χ4v) is 2.79. The van der Waals surface area contributed by atoms with E-state index < -0.39 is 5.54 Å². The van der Waals surface area contributed by atoms with Crippen LogP contribution in [0.25, 0.3) is 0 Å². The standard InChI is InChI=1S/C14H26N2O/c1-11(2)16(10-12-6-7-12)13(17)14(15)8-4-3-5-9-14/h11-12H,3-10,15H2,1-2H3. The summed E-state index contributed by atoms with van der Waals surface area (Å²) in [5.41, 5.74) is 5.79. The van der Waals surface area contributed by atoms with Gasteiger partial charge in [-0.3, -0.25) is 4.79 Å². The summed E-state index contributed by atoms with van der Waals surface area (Å²) in [4.78, 5) is 14.7. The zero-order chi connectivity index (χ0) is 12.5. The van der Waals surface area contributed by atoms with Crippen molar-refractivity contribution in [2.24, 2.45) is 11.7 Å². The highest BCUT2D eigenvalue weighted by Gasteiger charge is 2.40. The molecule has 0 aromatic carbocycles. The molecule has 17 heavy (non-hydrogen) atoms. The number of rotatable bonds is 4. The number of nitrogens with two attached hydrogens (primary N) is 1. The first-order valence-corrected chi connectivity index (χ1v) is 7.13. The monoisotopic (exact) mass is 238 g/mol. The molecule has 0 spiro atoms. The van der Waals surface area contributed by atoms with E-state index >= 15 is 0 Å². The maximum absolute atomic E-state index is 12.6. The van der Waals surface area contributed by atoms with Crippen LogP contribution >= 0.6 is 0 Å². The lowest BCUT2D eigenvalue weighted by Gasteiger charge is -2.38. The predicted octanol–water partition coefficient (Wildman–Crippen LogP) is 2.29. The maximum atomic E-state index is 12.6. The van der Waals surface area contributed by atoms with Crippen molar-refractivity contribution in [2.45, 2.75) is 70.4 Å². The Morgan fingerprint density at radius 2 is 1.88 bits per heavy atom. The molecule has 2 saturated carbocycles. The van der Waals surface area contributed by atoms with Crippen molar-refractivity contribution >= 4 is 5.91 Å². The Kier molecular flexibility index (Phi) is 3.76. The van der Waals surface area contributed by atoms with Crippen LogP contribution in [0.15, 0.2) is 0 Å². The van der Waals surface area contributed by atoms with E-state index in [2.05, 4.69) is 13.8 Å². The van der Waals surface area contributed by atoms with Crippen molar-refractivity contribution in [3.05, 3.63) is 0 Å². The van der Waals surface area contributed by atoms with E-state index in [1.807, 2.05) is 4.90 Å². The highest BCUT2D eigenvalue weighted by molar-refractivity contribution is 5.86. The lowest BCUT2D eigenvalue weighted by atomic mass is 9.81. The Balaban J connectivity index is 2.02. The third kappa shape index (κ3) is 3.01. The molecule has 0 saturated heterocycles. The molecule has 0 bridgehead atoms. The minimum absolute atomic E-state index is 0.208. The van der Waals surface area contributed by atoms with Gasteiger partial charge in [0.1, 0.15) is 0 Å². The Labute approximate surface area is 105 Å². The van der Waals surface area contributed by atoms with Crippen LogP contribution in [0.1, 0.15) is 58.8 Å². The topological polar surface area (TPSA) is 46.3 Å². The molecule has 2 fully saturated rings. The molecule has 0 aromatic heterocycles. The van der Waals surface area contributed by atoms with Gasteiger partial charge in [0, 0.05) is 12.6 Å². The second kappa shape index (κ2) is 4.97. The Bertz CT molecular complexity index is 278. The van der Waals surface area contributed by atoms with Crippen molar-refractivity contribution in [2.75, 3.05) is 6.54 Å². The first-order chi connectivity index (χ1) is 8.03. The molecular formula is C14H26N2O. The number of nitrogens with zero attached hydrogens (tertiary/aromatic N) is 1. The van der Waals surface area contributed by atoms with Crippen LogP contribution in [0.2, 0.25) is 0 Å². The van der Waals surface area contributed by atoms with E-state index in [-0.39, 0.29) is 11.9 Å². The second-order valence-electron chi connectivity index (χ2n) is 6.21. The van der Waals surface area contributed by atoms with Gasteiger partial charge in [-0.05, 0) is 45.4 Å². The lowest BCUT2D eigenvalue weighted by molar-refractivity contribution is -0.140. The first kappa shape index (κ1) is 12.9. The van der Waals surface area contributed by atoms with Gasteiger partial charge in [-0.15, -0.1) is 0 Å². The van der Waals surface area contributed by atoms with Crippen LogP contribution in [-0.4, -0.2) is 28.9 Å². The van der Waals surface area contributed by atoms with Crippen LogP contribution in [0, 0.1) is 5.92 Å². The average Bonchev–Trinajstić information content (AvgIpc) is 3.09. The Morgan fingerprint density at radius 1 is 1.29 bits per heavy atom. The van der Waals surface area contributed by atoms with Gasteiger partial charge in [-0.1, -0.05) is 19.3 Å². The molecule has 2 aliphatic carbocycles. The third-order valence-electron chi connectivity index (χ3n) is 4.21. The van der Waals surface area contributed by atoms with Gasteiger partial charge in [-0.2, -0.15) is 0 Å². The number of amides is 1. The van der Waals surface area contributed by atoms with E-state index in [1.54, 1.807) is 0 Å². The van der Waals surface area contributed by atoms with Crippen LogP contribution in [0.5, 0.6) is 0 Å².